The van der Waals surface area contributed by atoms with Crippen LogP contribution in [0.1, 0.15) is 129 Å². The molecule has 2 rings (SSSR count). The second kappa shape index (κ2) is 16.6. The van der Waals surface area contributed by atoms with Crippen LogP contribution in [0.3, 0.4) is 0 Å². The predicted octanol–water partition coefficient (Wildman–Crippen LogP) is 11.3. The number of hydrogen-bond donors (Lipinski definition) is 0. The maximum absolute atomic E-state index is 7.46. The molecule has 2 aliphatic rings. The van der Waals surface area contributed by atoms with Gasteiger partial charge < -0.3 is 32.2 Å². The van der Waals surface area contributed by atoms with Gasteiger partial charge in [-0.3, -0.25) is 0 Å². The highest BCUT2D eigenvalue weighted by Crippen LogP contribution is 2.48. The summed E-state index contributed by atoms with van der Waals surface area (Å²) in [5.74, 6) is 0.386. The van der Waals surface area contributed by atoms with E-state index in [0.29, 0.717) is 6.61 Å². The van der Waals surface area contributed by atoms with Gasteiger partial charge in [0.25, 0.3) is 0 Å². The van der Waals surface area contributed by atoms with E-state index in [9.17, 15) is 0 Å². The third-order valence-electron chi connectivity index (χ3n) is 13.9. The van der Waals surface area contributed by atoms with Crippen molar-refractivity contribution in [2.45, 2.75) is 225 Å². The Bertz CT molecular complexity index is 1060. The topological polar surface area (TPSA) is 64.6 Å². The largest absolute Gasteiger partial charge is 0.416 e. The van der Waals surface area contributed by atoms with Crippen LogP contribution in [0.5, 0.6) is 0 Å². The normalized spacial score (nSPS) is 29.2. The van der Waals surface area contributed by atoms with E-state index in [1.165, 1.54) is 0 Å². The minimum atomic E-state index is -2.13. The molecule has 2 heterocycles. The molecule has 0 unspecified atom stereocenters. The molecule has 0 amide bonds. The number of hydrogen-bond acceptors (Lipinski definition) is 7. The Labute approximate surface area is 313 Å². The van der Waals surface area contributed by atoms with Crippen molar-refractivity contribution in [1.82, 2.24) is 0 Å². The summed E-state index contributed by atoms with van der Waals surface area (Å²) in [5.41, 5.74) is -0.692. The van der Waals surface area contributed by atoms with Gasteiger partial charge in [0, 0.05) is 25.6 Å². The van der Waals surface area contributed by atoms with Gasteiger partial charge in [-0.15, -0.1) is 0 Å². The molecule has 0 spiro atoms. The molecular weight excluding hydrogens is 677 g/mol. The zero-order valence-corrected chi connectivity index (χ0v) is 39.8. The van der Waals surface area contributed by atoms with Crippen molar-refractivity contribution in [3.05, 3.63) is 0 Å². The van der Waals surface area contributed by atoms with Crippen molar-refractivity contribution in [1.29, 1.82) is 0 Å². The van der Waals surface area contributed by atoms with Crippen LogP contribution in [0.4, 0.5) is 0 Å². The van der Waals surface area contributed by atoms with Crippen molar-refractivity contribution in [3.8, 4) is 0 Å². The average molecular weight is 761 g/mol. The van der Waals surface area contributed by atoms with Crippen LogP contribution in [-0.4, -0.2) is 87.2 Å². The van der Waals surface area contributed by atoms with Gasteiger partial charge in [0.05, 0.1) is 41.7 Å². The van der Waals surface area contributed by atoms with Gasteiger partial charge in [0.1, 0.15) is 6.79 Å². The van der Waals surface area contributed by atoms with Crippen LogP contribution in [0.25, 0.3) is 0 Å². The molecule has 50 heavy (non-hydrogen) atoms. The van der Waals surface area contributed by atoms with Gasteiger partial charge in [-0.1, -0.05) is 76.2 Å². The van der Waals surface area contributed by atoms with E-state index in [0.717, 1.165) is 32.1 Å². The van der Waals surface area contributed by atoms with Crippen molar-refractivity contribution >= 4 is 25.0 Å². The first-order chi connectivity index (χ1) is 22.3. The molecule has 0 saturated carbocycles. The summed E-state index contributed by atoms with van der Waals surface area (Å²) in [7, 11) is -4.52. The maximum atomic E-state index is 7.46. The summed E-state index contributed by atoms with van der Waals surface area (Å²) in [6, 6.07) is 0. The van der Waals surface area contributed by atoms with Crippen LogP contribution < -0.4 is 0 Å². The maximum Gasteiger partial charge on any atom is 0.192 e. The van der Waals surface area contributed by atoms with E-state index in [-0.39, 0.29) is 75.5 Å². The van der Waals surface area contributed by atoms with Crippen LogP contribution in [-0.2, 0) is 32.2 Å². The Morgan fingerprint density at radius 2 is 1.24 bits per heavy atom. The van der Waals surface area contributed by atoms with Gasteiger partial charge in [0.15, 0.2) is 25.0 Å². The number of rotatable bonds is 17. The van der Waals surface area contributed by atoms with E-state index in [1.807, 2.05) is 0 Å². The van der Waals surface area contributed by atoms with E-state index in [1.54, 1.807) is 7.11 Å². The highest BCUT2D eigenvalue weighted by molar-refractivity contribution is 6.75. The highest BCUT2D eigenvalue weighted by Gasteiger charge is 2.53. The molecule has 0 aromatic heterocycles. The Morgan fingerprint density at radius 1 is 0.720 bits per heavy atom. The fourth-order valence-electron chi connectivity index (χ4n) is 6.59. The van der Waals surface area contributed by atoms with Gasteiger partial charge in [-0.05, 0) is 107 Å². The van der Waals surface area contributed by atoms with Crippen LogP contribution in [0.2, 0.25) is 54.4 Å². The zero-order valence-electron chi connectivity index (χ0n) is 36.8. The lowest BCUT2D eigenvalue weighted by molar-refractivity contribution is -0.194. The average Bonchev–Trinajstić information content (AvgIpc) is 3.55. The quantitative estimate of drug-likeness (QED) is 0.108. The number of methoxy groups -OCH3 is 1. The first-order valence-electron chi connectivity index (χ1n) is 19.8. The van der Waals surface area contributed by atoms with E-state index >= 15 is 0 Å². The van der Waals surface area contributed by atoms with Gasteiger partial charge in [0.2, 0.25) is 0 Å². The van der Waals surface area contributed by atoms with Crippen molar-refractivity contribution in [2.75, 3.05) is 20.5 Å². The first kappa shape index (κ1) is 46.5. The molecule has 2 aliphatic heterocycles. The molecule has 2 saturated heterocycles. The SMILES string of the molecule is COCO[C@H](C)[C@]1(C)CC[C@H]([C@]2(C)CC[C@@H](C[C@H](O[Si](C)(C)C(C)(C)C)[C@H](C)[C@H](O[Si](C)(C)C(C)(C)C)[C@H](C)CO[Si](C)(C)C(C)(C)C)O2)O1. The molecule has 0 radical (unpaired) electrons. The summed E-state index contributed by atoms with van der Waals surface area (Å²) in [5, 5.41) is 0.343. The minimum Gasteiger partial charge on any atom is -0.416 e. The van der Waals surface area contributed by atoms with Gasteiger partial charge in [-0.25, -0.2) is 0 Å². The summed E-state index contributed by atoms with van der Waals surface area (Å²) < 4.78 is 46.8. The Hall–Kier alpha value is 0.371. The molecule has 0 N–H and O–H groups in total. The summed E-state index contributed by atoms with van der Waals surface area (Å²) in [4.78, 5) is 0. The number of ether oxygens (including phenoxy) is 4. The third-order valence-corrected chi connectivity index (χ3v) is 27.3. The van der Waals surface area contributed by atoms with E-state index in [2.05, 4.69) is 136 Å². The second-order valence-corrected chi connectivity index (χ2v) is 35.5. The molecule has 0 aliphatic carbocycles. The fourth-order valence-corrected chi connectivity index (χ4v) is 10.6. The predicted molar refractivity (Wildman–Crippen MR) is 218 cm³/mol. The van der Waals surface area contributed by atoms with Crippen LogP contribution >= 0.6 is 0 Å². The zero-order chi connectivity index (χ0) is 38.9. The molecule has 2 fully saturated rings. The van der Waals surface area contributed by atoms with Gasteiger partial charge in [-0.2, -0.15) is 0 Å². The molecule has 10 heteroatoms. The van der Waals surface area contributed by atoms with Crippen molar-refractivity contribution in [2.24, 2.45) is 11.8 Å². The molecule has 0 aromatic rings. The Kier molecular flexibility index (Phi) is 15.5. The van der Waals surface area contributed by atoms with Crippen molar-refractivity contribution < 1.29 is 32.2 Å². The molecule has 7 nitrogen and oxygen atoms in total. The first-order valence-corrected chi connectivity index (χ1v) is 28.5. The second-order valence-electron chi connectivity index (χ2n) is 21.2. The lowest BCUT2D eigenvalue weighted by Crippen LogP contribution is -2.53. The van der Waals surface area contributed by atoms with Crippen LogP contribution in [0.15, 0.2) is 0 Å². The van der Waals surface area contributed by atoms with E-state index in [4.69, 9.17) is 32.2 Å². The van der Waals surface area contributed by atoms with E-state index < -0.39 is 25.0 Å². The monoisotopic (exact) mass is 761 g/mol. The lowest BCUT2D eigenvalue weighted by Gasteiger charge is -2.47. The smallest absolute Gasteiger partial charge is 0.192 e. The molecule has 0 aromatic carbocycles. The van der Waals surface area contributed by atoms with Crippen molar-refractivity contribution in [3.63, 3.8) is 0 Å². The highest BCUT2D eigenvalue weighted by atomic mass is 28.4. The molecule has 0 bridgehead atoms. The molecule has 298 valence electrons. The van der Waals surface area contributed by atoms with Crippen LogP contribution in [0, 0.1) is 11.8 Å². The fraction of sp³-hybridized carbons (Fsp3) is 1.00. The van der Waals surface area contributed by atoms with Gasteiger partial charge >= 0.3 is 0 Å². The third kappa shape index (κ3) is 11.4. The standard InChI is InChI=1S/C40H84O7Si3/c1-29(27-43-48(16,17)36(4,5)6)35(47-50(20,21)38(10,11)12)30(2)33(46-49(18,19)37(7,8)9)26-32-22-24-40(14,44-32)34-23-25-39(13,45-34)31(3)42-28-41-15/h29-35H,22-28H2,1-21H3/t29-,30+,31-,32+,33+,34-,35-,39+,40+/m1/s1. The summed E-state index contributed by atoms with van der Waals surface area (Å²) >= 11 is 0. The molecule has 9 atom stereocenters. The lowest BCUT2D eigenvalue weighted by atomic mass is 9.87. The summed E-state index contributed by atoms with van der Waals surface area (Å²) in [6.45, 7) is 47.5. The summed E-state index contributed by atoms with van der Waals surface area (Å²) in [6.07, 6.45) is 4.84. The Morgan fingerprint density at radius 3 is 1.74 bits per heavy atom. The molecular formula is C40H84O7Si3. The minimum absolute atomic E-state index is 0.00515. The Balaban J connectivity index is 2.42.